The zero-order chi connectivity index (χ0) is 11.2. The molecule has 1 heterocycles. The number of hydrogen-bond acceptors (Lipinski definition) is 3. The maximum atomic E-state index is 5.13. The first-order valence-electron chi connectivity index (χ1n) is 4.96. The van der Waals surface area contributed by atoms with Crippen LogP contribution >= 0.6 is 0 Å². The van der Waals surface area contributed by atoms with Crippen LogP contribution < -0.4 is 4.74 Å². The van der Waals surface area contributed by atoms with Gasteiger partial charge in [-0.2, -0.15) is 0 Å². The summed E-state index contributed by atoms with van der Waals surface area (Å²) in [7, 11) is 1.65. The normalized spacial score (nSPS) is 10.6. The van der Waals surface area contributed by atoms with E-state index in [0.29, 0.717) is 0 Å². The molecule has 0 aliphatic carbocycles. The van der Waals surface area contributed by atoms with Crippen molar-refractivity contribution in [2.75, 3.05) is 7.11 Å². The Morgan fingerprint density at radius 2 is 2.19 bits per heavy atom. The Hall–Kier alpha value is -2.16. The molecule has 0 saturated heterocycles. The predicted octanol–water partition coefficient (Wildman–Crippen LogP) is 2.84. The van der Waals surface area contributed by atoms with Crippen LogP contribution in [0.4, 0.5) is 5.69 Å². The highest BCUT2D eigenvalue weighted by atomic mass is 16.5. The zero-order valence-corrected chi connectivity index (χ0v) is 9.00. The fourth-order valence-corrected chi connectivity index (χ4v) is 1.30. The van der Waals surface area contributed by atoms with E-state index in [2.05, 4.69) is 9.98 Å². The molecule has 0 bridgehead atoms. The molecule has 0 N–H and O–H groups in total. The van der Waals surface area contributed by atoms with Crippen molar-refractivity contribution in [2.24, 2.45) is 4.99 Å². The van der Waals surface area contributed by atoms with Crippen LogP contribution in [-0.4, -0.2) is 18.3 Å². The molecule has 3 nitrogen and oxygen atoms in total. The summed E-state index contributed by atoms with van der Waals surface area (Å²) in [5.74, 6) is 0.829. The summed E-state index contributed by atoms with van der Waals surface area (Å²) in [4.78, 5) is 8.30. The van der Waals surface area contributed by atoms with E-state index in [-0.39, 0.29) is 0 Å². The lowest BCUT2D eigenvalue weighted by Crippen LogP contribution is -1.85. The topological polar surface area (TPSA) is 34.5 Å². The average molecular weight is 212 g/mol. The van der Waals surface area contributed by atoms with E-state index in [9.17, 15) is 0 Å². The lowest BCUT2D eigenvalue weighted by Gasteiger charge is -1.99. The van der Waals surface area contributed by atoms with E-state index < -0.39 is 0 Å². The lowest BCUT2D eigenvalue weighted by atomic mass is 10.2. The fourth-order valence-electron chi connectivity index (χ4n) is 1.30. The number of methoxy groups -OCH3 is 1. The number of ether oxygens (including phenoxy) is 1. The molecule has 16 heavy (non-hydrogen) atoms. The summed E-state index contributed by atoms with van der Waals surface area (Å²) in [5.41, 5.74) is 1.84. The second-order valence-electron chi connectivity index (χ2n) is 3.25. The van der Waals surface area contributed by atoms with Gasteiger partial charge >= 0.3 is 0 Å². The maximum absolute atomic E-state index is 5.13. The van der Waals surface area contributed by atoms with Gasteiger partial charge in [0.2, 0.25) is 0 Å². The molecule has 0 aliphatic heterocycles. The number of aliphatic imine (C=N–C) groups is 1. The van der Waals surface area contributed by atoms with E-state index in [1.54, 1.807) is 25.7 Å². The summed E-state index contributed by atoms with van der Waals surface area (Å²) in [6, 6.07) is 11.5. The van der Waals surface area contributed by atoms with Gasteiger partial charge in [-0.05, 0) is 29.8 Å². The van der Waals surface area contributed by atoms with Crippen LogP contribution in [0.25, 0.3) is 0 Å². The molecule has 80 valence electrons. The SMILES string of the molecule is COc1cccc(C=Nc2cccnc2)c1. The lowest BCUT2D eigenvalue weighted by molar-refractivity contribution is 0.415. The van der Waals surface area contributed by atoms with E-state index in [1.807, 2.05) is 36.4 Å². The van der Waals surface area contributed by atoms with Crippen LogP contribution in [0.5, 0.6) is 5.75 Å². The van der Waals surface area contributed by atoms with Crippen LogP contribution in [0.3, 0.4) is 0 Å². The number of pyridine rings is 1. The minimum atomic E-state index is 0.829. The standard InChI is InChI=1S/C13H12N2O/c1-16-13-6-2-4-11(8-13)9-15-12-5-3-7-14-10-12/h2-10H,1H3. The van der Waals surface area contributed by atoms with E-state index in [0.717, 1.165) is 17.0 Å². The molecule has 0 aliphatic rings. The summed E-state index contributed by atoms with van der Waals surface area (Å²) in [5, 5.41) is 0. The van der Waals surface area contributed by atoms with Gasteiger partial charge in [0.15, 0.2) is 0 Å². The molecule has 1 aromatic carbocycles. The van der Waals surface area contributed by atoms with Crippen molar-refractivity contribution in [3.63, 3.8) is 0 Å². The van der Waals surface area contributed by atoms with E-state index in [1.165, 1.54) is 0 Å². The van der Waals surface area contributed by atoms with Gasteiger partial charge in [0.1, 0.15) is 5.75 Å². The third-order valence-corrected chi connectivity index (χ3v) is 2.10. The molecule has 1 aromatic heterocycles. The van der Waals surface area contributed by atoms with Crippen molar-refractivity contribution in [2.45, 2.75) is 0 Å². The molecular weight excluding hydrogens is 200 g/mol. The second-order valence-corrected chi connectivity index (χ2v) is 3.25. The highest BCUT2D eigenvalue weighted by molar-refractivity contribution is 5.82. The van der Waals surface area contributed by atoms with Crippen molar-refractivity contribution in [3.8, 4) is 5.75 Å². The Labute approximate surface area is 94.4 Å². The first-order chi connectivity index (χ1) is 7.88. The van der Waals surface area contributed by atoms with Crippen LogP contribution in [-0.2, 0) is 0 Å². The van der Waals surface area contributed by atoms with Crippen molar-refractivity contribution >= 4 is 11.9 Å². The Morgan fingerprint density at radius 1 is 1.25 bits per heavy atom. The van der Waals surface area contributed by atoms with Crippen molar-refractivity contribution < 1.29 is 4.74 Å². The molecule has 0 amide bonds. The van der Waals surface area contributed by atoms with Gasteiger partial charge < -0.3 is 4.74 Å². The van der Waals surface area contributed by atoms with Crippen LogP contribution in [0.2, 0.25) is 0 Å². The molecule has 3 heteroatoms. The third kappa shape index (κ3) is 2.67. The quantitative estimate of drug-likeness (QED) is 0.733. The smallest absolute Gasteiger partial charge is 0.119 e. The molecule has 2 rings (SSSR count). The number of hydrogen-bond donors (Lipinski definition) is 0. The van der Waals surface area contributed by atoms with Crippen LogP contribution in [0, 0.1) is 0 Å². The number of aromatic nitrogens is 1. The highest BCUT2D eigenvalue weighted by Gasteiger charge is 1.92. The van der Waals surface area contributed by atoms with Crippen LogP contribution in [0.1, 0.15) is 5.56 Å². The van der Waals surface area contributed by atoms with Gasteiger partial charge in [0.25, 0.3) is 0 Å². The Kier molecular flexibility index (Phi) is 3.28. The Bertz CT molecular complexity index is 480. The molecule has 0 spiro atoms. The number of nitrogens with zero attached hydrogens (tertiary/aromatic N) is 2. The molecular formula is C13H12N2O. The zero-order valence-electron chi connectivity index (χ0n) is 9.00. The van der Waals surface area contributed by atoms with Gasteiger partial charge in [-0.15, -0.1) is 0 Å². The summed E-state index contributed by atoms with van der Waals surface area (Å²) < 4.78 is 5.13. The van der Waals surface area contributed by atoms with Gasteiger partial charge in [-0.3, -0.25) is 9.98 Å². The molecule has 2 aromatic rings. The summed E-state index contributed by atoms with van der Waals surface area (Å²) in [6.07, 6.45) is 5.24. The molecule has 0 saturated carbocycles. The van der Waals surface area contributed by atoms with Crippen molar-refractivity contribution in [3.05, 3.63) is 54.4 Å². The highest BCUT2D eigenvalue weighted by Crippen LogP contribution is 2.12. The van der Waals surface area contributed by atoms with Crippen molar-refractivity contribution in [1.29, 1.82) is 0 Å². The first kappa shape index (κ1) is 10.4. The molecule has 0 fully saturated rings. The number of rotatable bonds is 3. The van der Waals surface area contributed by atoms with Gasteiger partial charge in [-0.1, -0.05) is 12.1 Å². The Balaban J connectivity index is 2.17. The van der Waals surface area contributed by atoms with E-state index in [4.69, 9.17) is 4.74 Å². The maximum Gasteiger partial charge on any atom is 0.119 e. The molecule has 0 atom stereocenters. The largest absolute Gasteiger partial charge is 0.497 e. The first-order valence-corrected chi connectivity index (χ1v) is 4.96. The second kappa shape index (κ2) is 5.07. The minimum absolute atomic E-state index is 0.829. The monoisotopic (exact) mass is 212 g/mol. The number of benzene rings is 1. The van der Waals surface area contributed by atoms with Gasteiger partial charge in [0, 0.05) is 12.4 Å². The average Bonchev–Trinajstić information content (AvgIpc) is 2.38. The van der Waals surface area contributed by atoms with Gasteiger partial charge in [-0.25, -0.2) is 0 Å². The Morgan fingerprint density at radius 3 is 2.94 bits per heavy atom. The van der Waals surface area contributed by atoms with Crippen LogP contribution in [0.15, 0.2) is 53.8 Å². The molecule has 0 radical (unpaired) electrons. The predicted molar refractivity (Wildman–Crippen MR) is 64.5 cm³/mol. The summed E-state index contributed by atoms with van der Waals surface area (Å²) >= 11 is 0. The van der Waals surface area contributed by atoms with Gasteiger partial charge in [0.05, 0.1) is 19.0 Å². The van der Waals surface area contributed by atoms with E-state index >= 15 is 0 Å². The fraction of sp³-hybridized carbons (Fsp3) is 0.0769. The summed E-state index contributed by atoms with van der Waals surface area (Å²) in [6.45, 7) is 0. The minimum Gasteiger partial charge on any atom is -0.497 e. The third-order valence-electron chi connectivity index (χ3n) is 2.10. The van der Waals surface area contributed by atoms with Crippen molar-refractivity contribution in [1.82, 2.24) is 4.98 Å². The molecule has 0 unspecified atom stereocenters.